The number of carbonyl (C=O) groups is 2. The van der Waals surface area contributed by atoms with Crippen molar-refractivity contribution in [2.24, 2.45) is 4.99 Å². The van der Waals surface area contributed by atoms with Crippen molar-refractivity contribution in [3.8, 4) is 5.75 Å². The van der Waals surface area contributed by atoms with E-state index < -0.39 is 17.0 Å². The van der Waals surface area contributed by atoms with Crippen molar-refractivity contribution >= 4 is 34.5 Å². The zero-order valence-electron chi connectivity index (χ0n) is 14.4. The lowest BCUT2D eigenvalue weighted by atomic mass is 10.2. The molecule has 1 amide bonds. The predicted molar refractivity (Wildman–Crippen MR) is 98.0 cm³/mol. The van der Waals surface area contributed by atoms with E-state index in [1.165, 1.54) is 29.2 Å². The molecule has 0 bridgehead atoms. The summed E-state index contributed by atoms with van der Waals surface area (Å²) < 4.78 is 18.2. The summed E-state index contributed by atoms with van der Waals surface area (Å²) in [6.07, 6.45) is -0.175. The maximum absolute atomic E-state index is 13.1. The Kier molecular flexibility index (Phi) is 5.75. The van der Waals surface area contributed by atoms with Crippen LogP contribution < -0.4 is 9.84 Å². The second-order valence-electron chi connectivity index (χ2n) is 5.83. The number of aliphatic carboxylic acids is 1. The molecule has 0 N–H and O–H groups in total. The van der Waals surface area contributed by atoms with E-state index in [-0.39, 0.29) is 24.0 Å². The highest BCUT2D eigenvalue weighted by Gasteiger charge is 2.32. The van der Waals surface area contributed by atoms with E-state index in [1.807, 2.05) is 12.1 Å². The standard InChI is InChI=1S/C19H17FN2O4S/c1-26-15-8-2-12(3-9-15)11-22-17(23)10-16(18(24)25)27-19(22)21-14-6-4-13(20)5-7-14/h2-9,16H,10-11H2,1H3,(H,24,25)/p-1/t16-/m1/s1. The number of carboxylic acid groups (broad SMARTS) is 1. The molecule has 2 aromatic carbocycles. The smallest absolute Gasteiger partial charge is 0.230 e. The molecule has 6 nitrogen and oxygen atoms in total. The van der Waals surface area contributed by atoms with Crippen LogP contribution in [0.1, 0.15) is 12.0 Å². The van der Waals surface area contributed by atoms with Gasteiger partial charge in [-0.2, -0.15) is 0 Å². The monoisotopic (exact) mass is 387 g/mol. The quantitative estimate of drug-likeness (QED) is 0.785. The van der Waals surface area contributed by atoms with Gasteiger partial charge in [0.1, 0.15) is 11.6 Å². The van der Waals surface area contributed by atoms with Gasteiger partial charge in [-0.3, -0.25) is 9.69 Å². The zero-order chi connectivity index (χ0) is 19.4. The number of rotatable bonds is 5. The molecule has 1 aliphatic heterocycles. The number of amidine groups is 1. The van der Waals surface area contributed by atoms with Gasteiger partial charge in [-0.25, -0.2) is 9.38 Å². The second-order valence-corrected chi connectivity index (χ2v) is 7.00. The molecule has 1 atom stereocenters. The molecule has 3 rings (SSSR count). The van der Waals surface area contributed by atoms with Gasteiger partial charge in [0.25, 0.3) is 0 Å². The highest BCUT2D eigenvalue weighted by atomic mass is 32.2. The molecule has 140 valence electrons. The number of ether oxygens (including phenoxy) is 1. The van der Waals surface area contributed by atoms with Gasteiger partial charge in [-0.05, 0) is 42.0 Å². The minimum absolute atomic E-state index is 0.175. The van der Waals surface area contributed by atoms with Crippen LogP contribution in [0.15, 0.2) is 53.5 Å². The molecule has 27 heavy (non-hydrogen) atoms. The summed E-state index contributed by atoms with van der Waals surface area (Å²) in [6, 6.07) is 12.6. The lowest BCUT2D eigenvalue weighted by Crippen LogP contribution is -2.47. The molecule has 0 aliphatic carbocycles. The van der Waals surface area contributed by atoms with Crippen LogP contribution in [-0.2, 0) is 16.1 Å². The van der Waals surface area contributed by atoms with Crippen molar-refractivity contribution in [1.29, 1.82) is 0 Å². The molecule has 0 spiro atoms. The Bertz CT molecular complexity index is 868. The number of hydrogen-bond acceptors (Lipinski definition) is 6. The highest BCUT2D eigenvalue weighted by molar-refractivity contribution is 8.15. The van der Waals surface area contributed by atoms with E-state index in [1.54, 1.807) is 19.2 Å². The molecular weight excluding hydrogens is 371 g/mol. The Hall–Kier alpha value is -2.87. The molecule has 2 aromatic rings. The summed E-state index contributed by atoms with van der Waals surface area (Å²) >= 11 is 0.952. The molecular formula is C19H16FN2O4S-. The first kappa shape index (κ1) is 18.9. The summed E-state index contributed by atoms with van der Waals surface area (Å²) in [4.78, 5) is 29.6. The van der Waals surface area contributed by atoms with Crippen molar-refractivity contribution in [2.75, 3.05) is 7.11 Å². The van der Waals surface area contributed by atoms with E-state index in [0.29, 0.717) is 11.4 Å². The van der Waals surface area contributed by atoms with Gasteiger partial charge < -0.3 is 14.6 Å². The van der Waals surface area contributed by atoms with Crippen LogP contribution in [0, 0.1) is 5.82 Å². The van der Waals surface area contributed by atoms with Crippen molar-refractivity contribution < 1.29 is 23.8 Å². The highest BCUT2D eigenvalue weighted by Crippen LogP contribution is 2.30. The summed E-state index contributed by atoms with van der Waals surface area (Å²) in [5, 5.41) is 10.5. The Morgan fingerprint density at radius 3 is 2.52 bits per heavy atom. The third-order valence-corrected chi connectivity index (χ3v) is 5.12. The van der Waals surface area contributed by atoms with Gasteiger partial charge in [0.15, 0.2) is 5.17 Å². The Morgan fingerprint density at radius 2 is 1.93 bits per heavy atom. The molecule has 1 aliphatic rings. The lowest BCUT2D eigenvalue weighted by Gasteiger charge is -2.32. The zero-order valence-corrected chi connectivity index (χ0v) is 15.2. The fourth-order valence-electron chi connectivity index (χ4n) is 2.52. The number of nitrogens with zero attached hydrogens (tertiary/aromatic N) is 2. The number of hydrogen-bond donors (Lipinski definition) is 0. The van der Waals surface area contributed by atoms with E-state index in [0.717, 1.165) is 17.3 Å². The fraction of sp³-hybridized carbons (Fsp3) is 0.211. The van der Waals surface area contributed by atoms with E-state index in [9.17, 15) is 19.1 Å². The van der Waals surface area contributed by atoms with Crippen LogP contribution in [0.3, 0.4) is 0 Å². The minimum atomic E-state index is -1.32. The number of methoxy groups -OCH3 is 1. The Balaban J connectivity index is 1.90. The first-order valence-corrected chi connectivity index (χ1v) is 8.99. The summed E-state index contributed by atoms with van der Waals surface area (Å²) in [5.74, 6) is -1.40. The largest absolute Gasteiger partial charge is 0.549 e. The molecule has 0 radical (unpaired) electrons. The molecule has 8 heteroatoms. The molecule has 1 heterocycles. The van der Waals surface area contributed by atoms with Crippen LogP contribution in [0.5, 0.6) is 5.75 Å². The SMILES string of the molecule is COc1ccc(CN2C(=O)C[C@H](C(=O)[O-])SC2=Nc2ccc(F)cc2)cc1. The van der Waals surface area contributed by atoms with E-state index in [2.05, 4.69) is 4.99 Å². The number of halogens is 1. The average molecular weight is 387 g/mol. The normalized spacial score (nSPS) is 18.6. The number of thioether (sulfide) groups is 1. The van der Waals surface area contributed by atoms with Crippen LogP contribution in [0.4, 0.5) is 10.1 Å². The van der Waals surface area contributed by atoms with Crippen molar-refractivity contribution in [3.63, 3.8) is 0 Å². The van der Waals surface area contributed by atoms with Crippen molar-refractivity contribution in [1.82, 2.24) is 4.90 Å². The first-order chi connectivity index (χ1) is 13.0. The van der Waals surface area contributed by atoms with Gasteiger partial charge in [-0.15, -0.1) is 0 Å². The number of carbonyl (C=O) groups excluding carboxylic acids is 2. The summed E-state index contributed by atoms with van der Waals surface area (Å²) in [5.41, 5.74) is 1.26. The summed E-state index contributed by atoms with van der Waals surface area (Å²) in [7, 11) is 1.56. The van der Waals surface area contributed by atoms with Gasteiger partial charge in [0, 0.05) is 6.42 Å². The predicted octanol–water partition coefficient (Wildman–Crippen LogP) is 2.11. The topological polar surface area (TPSA) is 82.0 Å². The maximum atomic E-state index is 13.1. The molecule has 0 saturated carbocycles. The van der Waals surface area contributed by atoms with Crippen LogP contribution in [-0.4, -0.2) is 34.3 Å². The van der Waals surface area contributed by atoms with Gasteiger partial charge in [0.05, 0.1) is 30.6 Å². The van der Waals surface area contributed by atoms with Crippen molar-refractivity contribution in [3.05, 3.63) is 59.9 Å². The molecule has 1 fully saturated rings. The van der Waals surface area contributed by atoms with Gasteiger partial charge in [-0.1, -0.05) is 23.9 Å². The molecule has 1 saturated heterocycles. The maximum Gasteiger partial charge on any atom is 0.230 e. The van der Waals surface area contributed by atoms with Gasteiger partial charge >= 0.3 is 0 Å². The second kappa shape index (κ2) is 8.22. The summed E-state index contributed by atoms with van der Waals surface area (Å²) in [6.45, 7) is 0.232. The lowest BCUT2D eigenvalue weighted by molar-refractivity contribution is -0.304. The average Bonchev–Trinajstić information content (AvgIpc) is 2.66. The molecule has 0 unspecified atom stereocenters. The third-order valence-electron chi connectivity index (χ3n) is 3.95. The van der Waals surface area contributed by atoms with Crippen LogP contribution in [0.25, 0.3) is 0 Å². The fourth-order valence-corrected chi connectivity index (χ4v) is 3.55. The number of carboxylic acids is 1. The Labute approximate surface area is 159 Å². The van der Waals surface area contributed by atoms with E-state index >= 15 is 0 Å². The third kappa shape index (κ3) is 4.65. The van der Waals surface area contributed by atoms with E-state index in [4.69, 9.17) is 4.74 Å². The number of benzene rings is 2. The van der Waals surface area contributed by atoms with Crippen LogP contribution >= 0.6 is 11.8 Å². The van der Waals surface area contributed by atoms with Crippen LogP contribution in [0.2, 0.25) is 0 Å². The molecule has 0 aromatic heterocycles. The minimum Gasteiger partial charge on any atom is -0.549 e. The number of aliphatic imine (C=N–C) groups is 1. The van der Waals surface area contributed by atoms with Gasteiger partial charge in [0.2, 0.25) is 5.91 Å². The van der Waals surface area contributed by atoms with Crippen molar-refractivity contribution in [2.45, 2.75) is 18.2 Å². The number of amides is 1. The Morgan fingerprint density at radius 1 is 1.26 bits per heavy atom. The first-order valence-electron chi connectivity index (χ1n) is 8.11.